The molecule has 0 aliphatic heterocycles. The number of rotatable bonds is 6. The number of nitrogens with zero attached hydrogens (tertiary/aromatic N) is 1. The van der Waals surface area contributed by atoms with Gasteiger partial charge in [-0.25, -0.2) is 0 Å². The van der Waals surface area contributed by atoms with Gasteiger partial charge in [-0.2, -0.15) is 0 Å². The third-order valence-electron chi connectivity index (χ3n) is 3.30. The van der Waals surface area contributed by atoms with Crippen LogP contribution in [0.4, 0.5) is 13.2 Å². The molecule has 2 aromatic rings. The molecule has 8 heteroatoms. The number of alkyl halides is 3. The second-order valence-corrected chi connectivity index (χ2v) is 6.26. The van der Waals surface area contributed by atoms with E-state index in [4.69, 9.17) is 0 Å². The van der Waals surface area contributed by atoms with Gasteiger partial charge in [0.05, 0.1) is 6.04 Å². The van der Waals surface area contributed by atoms with Gasteiger partial charge in [0.2, 0.25) is 0 Å². The number of nitrogens with one attached hydrogen (secondary N) is 1. The molecule has 0 radical (unpaired) electrons. The summed E-state index contributed by atoms with van der Waals surface area (Å²) in [4.78, 5) is 15.3. The van der Waals surface area contributed by atoms with Crippen LogP contribution >= 0.6 is 11.3 Å². The van der Waals surface area contributed by atoms with Crippen molar-refractivity contribution in [2.24, 2.45) is 0 Å². The largest absolute Gasteiger partial charge is 0.573 e. The molecule has 1 N–H and O–H groups in total. The number of thiophene rings is 1. The lowest BCUT2D eigenvalue weighted by molar-refractivity contribution is -0.274. The van der Waals surface area contributed by atoms with Gasteiger partial charge < -0.3 is 15.0 Å². The highest BCUT2D eigenvalue weighted by molar-refractivity contribution is 7.10. The van der Waals surface area contributed by atoms with Crippen LogP contribution in [-0.2, 0) is 0 Å². The summed E-state index contributed by atoms with van der Waals surface area (Å²) in [5, 5.41) is 4.76. The predicted octanol–water partition coefficient (Wildman–Crippen LogP) is 3.68. The van der Waals surface area contributed by atoms with E-state index in [0.29, 0.717) is 6.54 Å². The number of hydrogen-bond donors (Lipinski definition) is 1. The molecular formula is C16H17F3N2O2S. The first-order valence-electron chi connectivity index (χ1n) is 7.10. The molecule has 0 unspecified atom stereocenters. The van der Waals surface area contributed by atoms with Crippen LogP contribution in [-0.4, -0.2) is 37.8 Å². The number of halogens is 3. The Bertz CT molecular complexity index is 655. The van der Waals surface area contributed by atoms with E-state index >= 15 is 0 Å². The molecule has 0 aliphatic carbocycles. The minimum absolute atomic E-state index is 0.0294. The van der Waals surface area contributed by atoms with Gasteiger partial charge in [0.15, 0.2) is 0 Å². The molecule has 130 valence electrons. The second kappa shape index (κ2) is 7.67. The molecule has 1 heterocycles. The average Bonchev–Trinajstić information content (AvgIpc) is 3.00. The van der Waals surface area contributed by atoms with E-state index in [9.17, 15) is 18.0 Å². The van der Waals surface area contributed by atoms with Gasteiger partial charge in [0.25, 0.3) is 5.91 Å². The van der Waals surface area contributed by atoms with Crippen LogP contribution in [0.2, 0.25) is 0 Å². The Labute approximate surface area is 141 Å². The number of carbonyl (C=O) groups is 1. The molecular weight excluding hydrogens is 341 g/mol. The van der Waals surface area contributed by atoms with Crippen molar-refractivity contribution in [2.75, 3.05) is 20.6 Å². The van der Waals surface area contributed by atoms with Crippen LogP contribution in [0, 0.1) is 0 Å². The van der Waals surface area contributed by atoms with Crippen molar-refractivity contribution in [3.63, 3.8) is 0 Å². The van der Waals surface area contributed by atoms with Crippen LogP contribution in [0.25, 0.3) is 0 Å². The molecule has 1 atom stereocenters. The van der Waals surface area contributed by atoms with Gasteiger partial charge in [-0.1, -0.05) is 6.07 Å². The number of carbonyl (C=O) groups excluding carboxylic acids is 1. The van der Waals surface area contributed by atoms with Gasteiger partial charge in [-0.15, -0.1) is 24.5 Å². The maximum atomic E-state index is 12.1. The number of ether oxygens (including phenoxy) is 1. The quantitative estimate of drug-likeness (QED) is 0.857. The monoisotopic (exact) mass is 358 g/mol. The topological polar surface area (TPSA) is 41.6 Å². The summed E-state index contributed by atoms with van der Waals surface area (Å²) in [6, 6.07) is 8.79. The lowest BCUT2D eigenvalue weighted by Gasteiger charge is -2.23. The first-order valence-corrected chi connectivity index (χ1v) is 7.98. The Morgan fingerprint density at radius 2 is 1.92 bits per heavy atom. The molecule has 0 bridgehead atoms. The molecule has 0 fully saturated rings. The summed E-state index contributed by atoms with van der Waals surface area (Å²) < 4.78 is 40.1. The first-order chi connectivity index (χ1) is 11.3. The van der Waals surface area contributed by atoms with Crippen LogP contribution in [0.3, 0.4) is 0 Å². The minimum Gasteiger partial charge on any atom is -0.406 e. The Morgan fingerprint density at radius 1 is 1.25 bits per heavy atom. The van der Waals surface area contributed by atoms with Gasteiger partial charge in [0, 0.05) is 17.0 Å². The smallest absolute Gasteiger partial charge is 0.406 e. The summed E-state index contributed by atoms with van der Waals surface area (Å²) in [7, 11) is 3.83. The fourth-order valence-electron chi connectivity index (χ4n) is 2.12. The number of hydrogen-bond acceptors (Lipinski definition) is 4. The molecule has 1 amide bonds. The average molecular weight is 358 g/mol. The van der Waals surface area contributed by atoms with Crippen molar-refractivity contribution in [3.8, 4) is 5.75 Å². The molecule has 0 saturated carbocycles. The van der Waals surface area contributed by atoms with Crippen LogP contribution < -0.4 is 10.1 Å². The van der Waals surface area contributed by atoms with E-state index in [2.05, 4.69) is 10.1 Å². The molecule has 0 spiro atoms. The highest BCUT2D eigenvalue weighted by Crippen LogP contribution is 2.24. The standard InChI is InChI=1S/C16H17F3N2O2S/c1-21(2)13(14-4-3-9-24-14)10-20-15(22)11-5-7-12(8-6-11)23-16(17,18)19/h3-9,13H,10H2,1-2H3,(H,20,22)/t13-/m1/s1. The van der Waals surface area contributed by atoms with Crippen LogP contribution in [0.5, 0.6) is 5.75 Å². The van der Waals surface area contributed by atoms with E-state index in [1.165, 1.54) is 12.1 Å². The minimum atomic E-state index is -4.75. The zero-order valence-electron chi connectivity index (χ0n) is 13.1. The fourth-order valence-corrected chi connectivity index (χ4v) is 3.04. The van der Waals surface area contributed by atoms with Crippen molar-refractivity contribution in [3.05, 3.63) is 52.2 Å². The van der Waals surface area contributed by atoms with Crippen LogP contribution in [0.1, 0.15) is 21.3 Å². The number of likely N-dealkylation sites (N-methyl/N-ethyl adjacent to an activating group) is 1. The Kier molecular flexibility index (Phi) is 5.84. The van der Waals surface area contributed by atoms with E-state index in [-0.39, 0.29) is 23.3 Å². The molecule has 24 heavy (non-hydrogen) atoms. The number of benzene rings is 1. The lowest BCUT2D eigenvalue weighted by atomic mass is 10.2. The van der Waals surface area contributed by atoms with Crippen LogP contribution in [0.15, 0.2) is 41.8 Å². The summed E-state index contributed by atoms with van der Waals surface area (Å²) in [5.74, 6) is -0.708. The summed E-state index contributed by atoms with van der Waals surface area (Å²) in [6.07, 6.45) is -4.75. The summed E-state index contributed by atoms with van der Waals surface area (Å²) in [5.41, 5.74) is 0.271. The fraction of sp³-hybridized carbons (Fsp3) is 0.312. The maximum Gasteiger partial charge on any atom is 0.573 e. The third kappa shape index (κ3) is 5.24. The van der Waals surface area contributed by atoms with Crippen molar-refractivity contribution in [1.29, 1.82) is 0 Å². The van der Waals surface area contributed by atoms with Crippen molar-refractivity contribution < 1.29 is 22.7 Å². The third-order valence-corrected chi connectivity index (χ3v) is 4.27. The normalized spacial score (nSPS) is 12.9. The maximum absolute atomic E-state index is 12.1. The summed E-state index contributed by atoms with van der Waals surface area (Å²) in [6.45, 7) is 0.396. The van der Waals surface area contributed by atoms with E-state index in [0.717, 1.165) is 17.0 Å². The number of amides is 1. The first kappa shape index (κ1) is 18.3. The predicted molar refractivity (Wildman–Crippen MR) is 86.2 cm³/mol. The SMILES string of the molecule is CN(C)[C@H](CNC(=O)c1ccc(OC(F)(F)F)cc1)c1cccs1. The lowest BCUT2D eigenvalue weighted by Crippen LogP contribution is -2.34. The van der Waals surface area contributed by atoms with Gasteiger partial charge >= 0.3 is 6.36 Å². The zero-order valence-corrected chi connectivity index (χ0v) is 13.9. The van der Waals surface area contributed by atoms with E-state index in [1.54, 1.807) is 11.3 Å². The van der Waals surface area contributed by atoms with E-state index < -0.39 is 6.36 Å². The second-order valence-electron chi connectivity index (χ2n) is 5.28. The zero-order chi connectivity index (χ0) is 17.7. The molecule has 4 nitrogen and oxygen atoms in total. The Balaban J connectivity index is 1.96. The molecule has 2 rings (SSSR count). The van der Waals surface area contributed by atoms with Crippen molar-refractivity contribution >= 4 is 17.2 Å². The molecule has 0 aliphatic rings. The highest BCUT2D eigenvalue weighted by Gasteiger charge is 2.31. The van der Waals surface area contributed by atoms with Crippen molar-refractivity contribution in [2.45, 2.75) is 12.4 Å². The highest BCUT2D eigenvalue weighted by atomic mass is 32.1. The van der Waals surface area contributed by atoms with E-state index in [1.807, 2.05) is 36.5 Å². The van der Waals surface area contributed by atoms with Gasteiger partial charge in [-0.3, -0.25) is 4.79 Å². The van der Waals surface area contributed by atoms with Gasteiger partial charge in [-0.05, 0) is 49.8 Å². The Morgan fingerprint density at radius 3 is 2.42 bits per heavy atom. The molecule has 1 aromatic heterocycles. The van der Waals surface area contributed by atoms with Crippen molar-refractivity contribution in [1.82, 2.24) is 10.2 Å². The Hall–Kier alpha value is -2.06. The molecule has 1 aromatic carbocycles. The molecule has 0 saturated heterocycles. The summed E-state index contributed by atoms with van der Waals surface area (Å²) >= 11 is 1.60. The van der Waals surface area contributed by atoms with Gasteiger partial charge in [0.1, 0.15) is 5.75 Å².